The Kier molecular flexibility index (Phi) is 3.45. The van der Waals surface area contributed by atoms with Crippen molar-refractivity contribution in [2.45, 2.75) is 24.3 Å². The number of halogens is 2. The summed E-state index contributed by atoms with van der Waals surface area (Å²) < 4.78 is 13.4. The molecule has 1 aromatic rings. The molecule has 0 saturated heterocycles. The third-order valence-corrected chi connectivity index (χ3v) is 3.14. The molecule has 0 aromatic heterocycles. The van der Waals surface area contributed by atoms with Gasteiger partial charge in [0.25, 0.3) is 0 Å². The van der Waals surface area contributed by atoms with Crippen molar-refractivity contribution >= 4 is 23.4 Å². The minimum atomic E-state index is -1.07. The van der Waals surface area contributed by atoms with E-state index in [2.05, 4.69) is 0 Å². The van der Waals surface area contributed by atoms with E-state index in [1.807, 2.05) is 0 Å². The molecule has 1 N–H and O–H groups in total. The van der Waals surface area contributed by atoms with Gasteiger partial charge in [-0.3, -0.25) is 0 Å². The first-order chi connectivity index (χ1) is 6.36. The van der Waals surface area contributed by atoms with Crippen LogP contribution in [-0.4, -0.2) is 11.4 Å². The lowest BCUT2D eigenvalue weighted by Crippen LogP contribution is -2.15. The molecule has 0 radical (unpaired) electrons. The first-order valence-corrected chi connectivity index (χ1v) is 5.72. The largest absolute Gasteiger partial charge is 0.386 e. The van der Waals surface area contributed by atoms with E-state index in [0.717, 1.165) is 0 Å². The van der Waals surface area contributed by atoms with Gasteiger partial charge in [-0.15, -0.1) is 11.8 Å². The van der Waals surface area contributed by atoms with Gasteiger partial charge >= 0.3 is 0 Å². The highest BCUT2D eigenvalue weighted by atomic mass is 35.5. The first kappa shape index (κ1) is 11.8. The van der Waals surface area contributed by atoms with E-state index in [9.17, 15) is 9.50 Å². The minimum absolute atomic E-state index is 0.342. The predicted octanol–water partition coefficient (Wildman–Crippen LogP) is 3.43. The normalized spacial score (nSPS) is 11.9. The van der Waals surface area contributed by atoms with Gasteiger partial charge in [0.05, 0.1) is 15.5 Å². The molecule has 1 aromatic carbocycles. The van der Waals surface area contributed by atoms with Crippen molar-refractivity contribution < 1.29 is 9.50 Å². The van der Waals surface area contributed by atoms with Crippen LogP contribution in [0.25, 0.3) is 0 Å². The van der Waals surface area contributed by atoms with E-state index in [0.29, 0.717) is 15.5 Å². The molecule has 0 atom stereocenters. The van der Waals surface area contributed by atoms with Crippen molar-refractivity contribution in [2.75, 3.05) is 6.26 Å². The maximum absolute atomic E-state index is 13.4. The van der Waals surface area contributed by atoms with Crippen LogP contribution in [0.2, 0.25) is 5.02 Å². The Balaban J connectivity index is 3.28. The molecule has 0 bridgehead atoms. The molecule has 0 amide bonds. The molecule has 0 fully saturated rings. The third kappa shape index (κ3) is 2.41. The summed E-state index contributed by atoms with van der Waals surface area (Å²) >= 11 is 7.12. The fourth-order valence-corrected chi connectivity index (χ4v) is 2.06. The smallest absolute Gasteiger partial charge is 0.138 e. The van der Waals surface area contributed by atoms with Gasteiger partial charge in [-0.1, -0.05) is 11.6 Å². The molecular weight excluding hydrogens is 223 g/mol. The van der Waals surface area contributed by atoms with Gasteiger partial charge < -0.3 is 5.11 Å². The molecule has 0 aliphatic rings. The van der Waals surface area contributed by atoms with Crippen LogP contribution in [0.15, 0.2) is 17.0 Å². The molecule has 78 valence electrons. The zero-order valence-corrected chi connectivity index (χ0v) is 9.84. The Morgan fingerprint density at radius 2 is 2.00 bits per heavy atom. The molecule has 0 unspecified atom stereocenters. The van der Waals surface area contributed by atoms with Gasteiger partial charge in [0, 0.05) is 0 Å². The number of rotatable bonds is 2. The van der Waals surface area contributed by atoms with Crippen LogP contribution < -0.4 is 0 Å². The fraction of sp³-hybridized carbons (Fsp3) is 0.400. The topological polar surface area (TPSA) is 20.2 Å². The number of thioether (sulfide) groups is 1. The lowest BCUT2D eigenvalue weighted by molar-refractivity contribution is 0.0781. The highest BCUT2D eigenvalue weighted by Crippen LogP contribution is 2.32. The summed E-state index contributed by atoms with van der Waals surface area (Å²) in [7, 11) is 0. The van der Waals surface area contributed by atoms with Gasteiger partial charge in [-0.2, -0.15) is 0 Å². The van der Waals surface area contributed by atoms with Crippen LogP contribution in [0.4, 0.5) is 4.39 Å². The molecule has 1 nitrogen and oxygen atoms in total. The van der Waals surface area contributed by atoms with Crippen LogP contribution in [0.1, 0.15) is 19.4 Å². The molecular formula is C10H12ClFOS. The Morgan fingerprint density at radius 1 is 1.43 bits per heavy atom. The van der Waals surface area contributed by atoms with E-state index in [-0.39, 0.29) is 5.82 Å². The number of aliphatic hydroxyl groups is 1. The third-order valence-electron chi connectivity index (χ3n) is 1.91. The van der Waals surface area contributed by atoms with Crippen molar-refractivity contribution in [3.63, 3.8) is 0 Å². The van der Waals surface area contributed by atoms with Crippen molar-refractivity contribution in [3.05, 3.63) is 28.5 Å². The molecule has 1 rings (SSSR count). The lowest BCUT2D eigenvalue weighted by atomic mass is 9.98. The summed E-state index contributed by atoms with van der Waals surface area (Å²) in [5.41, 5.74) is -0.584. The standard InChI is InChI=1S/C10H12ClFOS/c1-10(2,13)6-4-7(11)9(14-3)8(12)5-6/h4-5,13H,1-3H3. The Bertz CT molecular complexity index is 323. The summed E-state index contributed by atoms with van der Waals surface area (Å²) in [4.78, 5) is 0.416. The van der Waals surface area contributed by atoms with E-state index >= 15 is 0 Å². The molecule has 0 aliphatic heterocycles. The molecule has 0 heterocycles. The molecule has 0 aliphatic carbocycles. The minimum Gasteiger partial charge on any atom is -0.386 e. The summed E-state index contributed by atoms with van der Waals surface area (Å²) in [6, 6.07) is 2.91. The van der Waals surface area contributed by atoms with E-state index in [1.54, 1.807) is 26.2 Å². The Morgan fingerprint density at radius 3 is 2.36 bits per heavy atom. The summed E-state index contributed by atoms with van der Waals surface area (Å²) in [5, 5.41) is 10.0. The number of hydrogen-bond acceptors (Lipinski definition) is 2. The zero-order valence-electron chi connectivity index (χ0n) is 8.27. The SMILES string of the molecule is CSc1c(F)cc(C(C)(C)O)cc1Cl. The maximum atomic E-state index is 13.4. The highest BCUT2D eigenvalue weighted by Gasteiger charge is 2.19. The van der Waals surface area contributed by atoms with Crippen molar-refractivity contribution in [1.29, 1.82) is 0 Å². The van der Waals surface area contributed by atoms with E-state index in [4.69, 9.17) is 11.6 Å². The monoisotopic (exact) mass is 234 g/mol. The average Bonchev–Trinajstić information content (AvgIpc) is 2.01. The molecule has 0 saturated carbocycles. The van der Waals surface area contributed by atoms with Gasteiger partial charge in [-0.25, -0.2) is 4.39 Å². The summed E-state index contributed by atoms with van der Waals surface area (Å²) in [5.74, 6) is -0.387. The van der Waals surface area contributed by atoms with Gasteiger partial charge in [0.2, 0.25) is 0 Å². The van der Waals surface area contributed by atoms with Crippen molar-refractivity contribution in [1.82, 2.24) is 0 Å². The number of hydrogen-bond donors (Lipinski definition) is 1. The highest BCUT2D eigenvalue weighted by molar-refractivity contribution is 7.98. The Hall–Kier alpha value is -0.250. The summed E-state index contributed by atoms with van der Waals surface area (Å²) in [6.45, 7) is 3.19. The zero-order chi connectivity index (χ0) is 10.9. The van der Waals surface area contributed by atoms with Crippen LogP contribution in [-0.2, 0) is 5.60 Å². The second-order valence-electron chi connectivity index (χ2n) is 3.53. The van der Waals surface area contributed by atoms with Crippen LogP contribution in [0, 0.1) is 5.82 Å². The number of benzene rings is 1. The van der Waals surface area contributed by atoms with Crippen LogP contribution in [0.3, 0.4) is 0 Å². The lowest BCUT2D eigenvalue weighted by Gasteiger charge is -2.19. The fourth-order valence-electron chi connectivity index (χ4n) is 1.11. The van der Waals surface area contributed by atoms with Gasteiger partial charge in [0.1, 0.15) is 5.82 Å². The first-order valence-electron chi connectivity index (χ1n) is 4.12. The van der Waals surface area contributed by atoms with Crippen LogP contribution in [0.5, 0.6) is 0 Å². The van der Waals surface area contributed by atoms with E-state index in [1.165, 1.54) is 17.8 Å². The summed E-state index contributed by atoms with van der Waals surface area (Å²) in [6.07, 6.45) is 1.76. The van der Waals surface area contributed by atoms with Gasteiger partial charge in [0.15, 0.2) is 0 Å². The maximum Gasteiger partial charge on any atom is 0.138 e. The molecule has 14 heavy (non-hydrogen) atoms. The van der Waals surface area contributed by atoms with Gasteiger partial charge in [-0.05, 0) is 37.8 Å². The predicted molar refractivity (Wildman–Crippen MR) is 58.4 cm³/mol. The van der Waals surface area contributed by atoms with Crippen LogP contribution >= 0.6 is 23.4 Å². The van der Waals surface area contributed by atoms with Crippen molar-refractivity contribution in [3.8, 4) is 0 Å². The second-order valence-corrected chi connectivity index (χ2v) is 4.76. The quantitative estimate of drug-likeness (QED) is 0.792. The molecule has 4 heteroatoms. The Labute approximate surface area is 92.3 Å². The average molecular weight is 235 g/mol. The van der Waals surface area contributed by atoms with Crippen molar-refractivity contribution in [2.24, 2.45) is 0 Å². The molecule has 0 spiro atoms. The van der Waals surface area contributed by atoms with E-state index < -0.39 is 5.60 Å². The second kappa shape index (κ2) is 4.09.